The van der Waals surface area contributed by atoms with E-state index in [1.807, 2.05) is 55.3 Å². The van der Waals surface area contributed by atoms with Crippen molar-refractivity contribution in [3.8, 4) is 11.4 Å². The maximum absolute atomic E-state index is 12.1. The zero-order chi connectivity index (χ0) is 14.8. The van der Waals surface area contributed by atoms with Crippen LogP contribution in [0.3, 0.4) is 0 Å². The molecule has 0 unspecified atom stereocenters. The zero-order valence-corrected chi connectivity index (χ0v) is 12.4. The molecule has 2 aromatic rings. The zero-order valence-electron chi connectivity index (χ0n) is 12.4. The first-order valence-electron chi connectivity index (χ1n) is 7.34. The van der Waals surface area contributed by atoms with Crippen molar-refractivity contribution in [2.75, 3.05) is 6.54 Å². The molecule has 0 atom stereocenters. The summed E-state index contributed by atoms with van der Waals surface area (Å²) in [4.78, 5) is 23.1. The maximum atomic E-state index is 12.1. The van der Waals surface area contributed by atoms with E-state index in [1.54, 1.807) is 0 Å². The van der Waals surface area contributed by atoms with E-state index < -0.39 is 0 Å². The van der Waals surface area contributed by atoms with Crippen LogP contribution >= 0.6 is 0 Å². The van der Waals surface area contributed by atoms with Gasteiger partial charge in [0.25, 0.3) is 0 Å². The summed E-state index contributed by atoms with van der Waals surface area (Å²) >= 11 is 0. The quantitative estimate of drug-likeness (QED) is 0.850. The van der Waals surface area contributed by atoms with Crippen LogP contribution in [-0.4, -0.2) is 27.3 Å². The van der Waals surface area contributed by atoms with Gasteiger partial charge in [-0.1, -0.05) is 44.2 Å². The van der Waals surface area contributed by atoms with E-state index in [2.05, 4.69) is 9.97 Å². The van der Waals surface area contributed by atoms with Crippen molar-refractivity contribution >= 4 is 5.91 Å². The highest BCUT2D eigenvalue weighted by Gasteiger charge is 2.23. The number of benzene rings is 1. The molecule has 21 heavy (non-hydrogen) atoms. The molecule has 0 radical (unpaired) electrons. The normalized spacial score (nSPS) is 14.1. The van der Waals surface area contributed by atoms with Crippen LogP contribution in [-0.2, 0) is 17.8 Å². The number of fused-ring (bicyclic) bond motifs is 1. The van der Waals surface area contributed by atoms with Crippen molar-refractivity contribution in [3.05, 3.63) is 47.8 Å². The monoisotopic (exact) mass is 281 g/mol. The van der Waals surface area contributed by atoms with Crippen LogP contribution < -0.4 is 0 Å². The molecule has 0 bridgehead atoms. The summed E-state index contributed by atoms with van der Waals surface area (Å²) in [6.07, 6.45) is 2.67. The summed E-state index contributed by atoms with van der Waals surface area (Å²) in [5.41, 5.74) is 3.16. The Kier molecular flexibility index (Phi) is 3.69. The Morgan fingerprint density at radius 1 is 1.24 bits per heavy atom. The van der Waals surface area contributed by atoms with Gasteiger partial charge in [-0.3, -0.25) is 4.79 Å². The number of hydrogen-bond donors (Lipinski definition) is 0. The van der Waals surface area contributed by atoms with E-state index in [-0.39, 0.29) is 11.8 Å². The van der Waals surface area contributed by atoms with Gasteiger partial charge in [-0.05, 0) is 0 Å². The van der Waals surface area contributed by atoms with Crippen molar-refractivity contribution in [2.24, 2.45) is 5.92 Å². The number of hydrogen-bond acceptors (Lipinski definition) is 3. The third-order valence-corrected chi connectivity index (χ3v) is 3.77. The van der Waals surface area contributed by atoms with E-state index in [4.69, 9.17) is 0 Å². The summed E-state index contributed by atoms with van der Waals surface area (Å²) < 4.78 is 0. The number of aromatic nitrogens is 2. The Hall–Kier alpha value is -2.23. The van der Waals surface area contributed by atoms with Crippen molar-refractivity contribution in [1.29, 1.82) is 0 Å². The molecular weight excluding hydrogens is 262 g/mol. The van der Waals surface area contributed by atoms with Gasteiger partial charge in [0.1, 0.15) is 0 Å². The number of carbonyl (C=O) groups excluding carboxylic acids is 1. The van der Waals surface area contributed by atoms with Crippen molar-refractivity contribution in [1.82, 2.24) is 14.9 Å². The number of carbonyl (C=O) groups is 1. The molecule has 0 saturated heterocycles. The first-order chi connectivity index (χ1) is 10.1. The molecule has 1 aromatic heterocycles. The molecule has 0 N–H and O–H groups in total. The fourth-order valence-corrected chi connectivity index (χ4v) is 2.60. The largest absolute Gasteiger partial charge is 0.338 e. The summed E-state index contributed by atoms with van der Waals surface area (Å²) in [6, 6.07) is 9.98. The van der Waals surface area contributed by atoms with Gasteiger partial charge in [0.2, 0.25) is 5.91 Å². The highest BCUT2D eigenvalue weighted by Crippen LogP contribution is 2.21. The lowest BCUT2D eigenvalue weighted by Crippen LogP contribution is -2.38. The van der Waals surface area contributed by atoms with Gasteiger partial charge in [0.05, 0.1) is 5.69 Å². The molecule has 1 aliphatic rings. The van der Waals surface area contributed by atoms with Gasteiger partial charge in [-0.25, -0.2) is 9.97 Å². The lowest BCUT2D eigenvalue weighted by atomic mass is 10.0. The van der Waals surface area contributed by atoms with Crippen LogP contribution in [0.25, 0.3) is 11.4 Å². The molecule has 0 saturated carbocycles. The predicted molar refractivity (Wildman–Crippen MR) is 81.4 cm³/mol. The third-order valence-electron chi connectivity index (χ3n) is 3.77. The topological polar surface area (TPSA) is 46.1 Å². The second-order valence-electron chi connectivity index (χ2n) is 5.70. The van der Waals surface area contributed by atoms with Crippen LogP contribution in [0.1, 0.15) is 25.1 Å². The summed E-state index contributed by atoms with van der Waals surface area (Å²) in [5.74, 6) is 1.00. The van der Waals surface area contributed by atoms with Gasteiger partial charge in [0.15, 0.2) is 5.82 Å². The van der Waals surface area contributed by atoms with Gasteiger partial charge in [-0.2, -0.15) is 0 Å². The van der Waals surface area contributed by atoms with E-state index in [0.717, 1.165) is 35.6 Å². The molecule has 2 heterocycles. The second kappa shape index (κ2) is 5.64. The lowest BCUT2D eigenvalue weighted by molar-refractivity contribution is -0.135. The van der Waals surface area contributed by atoms with E-state index in [1.165, 1.54) is 0 Å². The van der Waals surface area contributed by atoms with Gasteiger partial charge in [-0.15, -0.1) is 0 Å². The van der Waals surface area contributed by atoms with Gasteiger partial charge in [0, 0.05) is 42.8 Å². The Morgan fingerprint density at radius 2 is 2.00 bits per heavy atom. The van der Waals surface area contributed by atoms with Crippen molar-refractivity contribution < 1.29 is 4.79 Å². The fourth-order valence-electron chi connectivity index (χ4n) is 2.60. The van der Waals surface area contributed by atoms with Crippen LogP contribution in [0.2, 0.25) is 0 Å². The van der Waals surface area contributed by atoms with E-state index >= 15 is 0 Å². The van der Waals surface area contributed by atoms with E-state index in [9.17, 15) is 4.79 Å². The lowest BCUT2D eigenvalue weighted by Gasteiger charge is -2.29. The van der Waals surface area contributed by atoms with Crippen molar-refractivity contribution in [3.63, 3.8) is 0 Å². The minimum Gasteiger partial charge on any atom is -0.338 e. The number of rotatable bonds is 2. The Morgan fingerprint density at radius 3 is 2.71 bits per heavy atom. The molecular formula is C17H19N3O. The molecule has 1 aromatic carbocycles. The molecule has 0 aliphatic carbocycles. The molecule has 1 amide bonds. The van der Waals surface area contributed by atoms with Crippen LogP contribution in [0.5, 0.6) is 0 Å². The summed E-state index contributed by atoms with van der Waals surface area (Å²) in [6.45, 7) is 5.25. The number of amides is 1. The summed E-state index contributed by atoms with van der Waals surface area (Å²) in [5, 5.41) is 0. The van der Waals surface area contributed by atoms with Crippen LogP contribution in [0.15, 0.2) is 36.5 Å². The highest BCUT2D eigenvalue weighted by atomic mass is 16.2. The molecule has 1 aliphatic heterocycles. The predicted octanol–water partition coefficient (Wildman–Crippen LogP) is 2.68. The van der Waals surface area contributed by atoms with Gasteiger partial charge >= 0.3 is 0 Å². The van der Waals surface area contributed by atoms with E-state index in [0.29, 0.717) is 6.54 Å². The molecule has 0 spiro atoms. The smallest absolute Gasteiger partial charge is 0.225 e. The maximum Gasteiger partial charge on any atom is 0.225 e. The van der Waals surface area contributed by atoms with Crippen molar-refractivity contribution in [2.45, 2.75) is 26.8 Å². The SMILES string of the molecule is CC(C)C(=O)N1CCc2nc(-c3ccccc3)ncc2C1. The Balaban J connectivity index is 1.85. The average molecular weight is 281 g/mol. The Bertz CT molecular complexity index is 652. The third kappa shape index (κ3) is 2.79. The summed E-state index contributed by atoms with van der Waals surface area (Å²) in [7, 11) is 0. The minimum atomic E-state index is 0.0380. The first-order valence-corrected chi connectivity index (χ1v) is 7.34. The number of nitrogens with zero attached hydrogens (tertiary/aromatic N) is 3. The molecule has 0 fully saturated rings. The van der Waals surface area contributed by atoms with Crippen LogP contribution in [0, 0.1) is 5.92 Å². The minimum absolute atomic E-state index is 0.0380. The first kappa shape index (κ1) is 13.7. The molecule has 3 rings (SSSR count). The standard InChI is InChI=1S/C17H19N3O/c1-12(2)17(21)20-9-8-15-14(11-20)10-18-16(19-15)13-6-4-3-5-7-13/h3-7,10,12H,8-9,11H2,1-2H3. The van der Waals surface area contributed by atoms with Crippen LogP contribution in [0.4, 0.5) is 0 Å². The Labute approximate surface area is 124 Å². The van der Waals surface area contributed by atoms with Gasteiger partial charge < -0.3 is 4.90 Å². The second-order valence-corrected chi connectivity index (χ2v) is 5.70. The molecule has 108 valence electrons. The molecule has 4 heteroatoms. The fraction of sp³-hybridized carbons (Fsp3) is 0.353. The molecule has 4 nitrogen and oxygen atoms in total. The highest BCUT2D eigenvalue weighted by molar-refractivity contribution is 5.78. The average Bonchev–Trinajstić information content (AvgIpc) is 2.54.